The number of allylic oxidation sites excluding steroid dienone is 1. The van der Waals surface area contributed by atoms with Crippen molar-refractivity contribution in [3.8, 4) is 6.07 Å². The molecule has 2 N–H and O–H groups in total. The molecule has 0 unspecified atom stereocenters. The minimum atomic E-state index is -4.61. The minimum absolute atomic E-state index is 0.0940. The number of hydrogen-bond donors (Lipinski definition) is 2. The van der Waals surface area contributed by atoms with Crippen molar-refractivity contribution in [2.45, 2.75) is 23.4 Å². The number of nitrogens with zero attached hydrogens (tertiary/aromatic N) is 1. The van der Waals surface area contributed by atoms with Gasteiger partial charge in [0.1, 0.15) is 0 Å². The molecule has 3 rings (SSSR count). The molecule has 2 aromatic rings. The lowest BCUT2D eigenvalue weighted by molar-refractivity contribution is -0.137. The number of carbonyl (C=O) groups excluding carboxylic acids is 2. The van der Waals surface area contributed by atoms with E-state index in [1.54, 1.807) is 11.8 Å². The smallest absolute Gasteiger partial charge is 0.325 e. The minimum Gasteiger partial charge on any atom is -0.325 e. The number of benzene rings is 2. The van der Waals surface area contributed by atoms with E-state index in [2.05, 4.69) is 16.7 Å². The molecular weight excluding hydrogens is 459 g/mol. The molecule has 10 heteroatoms. The van der Waals surface area contributed by atoms with Crippen molar-refractivity contribution in [3.63, 3.8) is 0 Å². The third-order valence-corrected chi connectivity index (χ3v) is 6.49. The summed E-state index contributed by atoms with van der Waals surface area (Å²) in [6, 6.07) is 14.3. The van der Waals surface area contributed by atoms with Gasteiger partial charge in [0.25, 0.3) is 0 Å². The number of hydrogen-bond acceptors (Lipinski definition) is 5. The van der Waals surface area contributed by atoms with Gasteiger partial charge in [0, 0.05) is 17.2 Å². The number of amides is 2. The average Bonchev–Trinajstić information content (AvgIpc) is 2.77. The van der Waals surface area contributed by atoms with Crippen molar-refractivity contribution in [1.29, 1.82) is 5.26 Å². The summed E-state index contributed by atoms with van der Waals surface area (Å²) in [6.07, 6.45) is -2.57. The van der Waals surface area contributed by atoms with Crippen LogP contribution in [0.15, 0.2) is 64.0 Å². The number of rotatable bonds is 6. The Morgan fingerprint density at radius 2 is 1.91 bits per heavy atom. The first kappa shape index (κ1) is 23.8. The van der Waals surface area contributed by atoms with Crippen LogP contribution < -0.4 is 10.6 Å². The maximum Gasteiger partial charge on any atom is 0.418 e. The van der Waals surface area contributed by atoms with Gasteiger partial charge in [-0.25, -0.2) is 0 Å². The highest BCUT2D eigenvalue weighted by Crippen LogP contribution is 2.37. The molecule has 0 saturated heterocycles. The molecule has 0 bridgehead atoms. The Labute approximate surface area is 191 Å². The Bertz CT molecular complexity index is 1090. The molecule has 5 nitrogen and oxygen atoms in total. The van der Waals surface area contributed by atoms with Crippen LogP contribution in [0, 0.1) is 11.3 Å². The summed E-state index contributed by atoms with van der Waals surface area (Å²) in [5, 5.41) is 14.8. The lowest BCUT2D eigenvalue weighted by Crippen LogP contribution is -2.31. The molecule has 0 radical (unpaired) electrons. The van der Waals surface area contributed by atoms with E-state index in [4.69, 9.17) is 0 Å². The van der Waals surface area contributed by atoms with Crippen LogP contribution in [0.25, 0.3) is 0 Å². The Morgan fingerprint density at radius 3 is 2.53 bits per heavy atom. The van der Waals surface area contributed by atoms with Crippen LogP contribution in [0.5, 0.6) is 0 Å². The zero-order chi connectivity index (χ0) is 23.3. The second kappa shape index (κ2) is 10.1. The number of anilines is 1. The molecule has 0 saturated carbocycles. The monoisotopic (exact) mass is 477 g/mol. The van der Waals surface area contributed by atoms with Crippen LogP contribution in [0.1, 0.15) is 23.5 Å². The lowest BCUT2D eigenvalue weighted by Gasteiger charge is -2.25. The van der Waals surface area contributed by atoms with Crippen LogP contribution in [0.2, 0.25) is 0 Å². The molecule has 1 aliphatic heterocycles. The number of carbonyl (C=O) groups is 2. The summed E-state index contributed by atoms with van der Waals surface area (Å²) in [6.45, 7) is 0. The maximum absolute atomic E-state index is 13.1. The van der Waals surface area contributed by atoms with Crippen molar-refractivity contribution in [3.05, 3.63) is 70.3 Å². The van der Waals surface area contributed by atoms with Crippen LogP contribution in [0.4, 0.5) is 18.9 Å². The van der Waals surface area contributed by atoms with Crippen LogP contribution in [-0.4, -0.2) is 23.8 Å². The SMILES string of the molecule is CSc1ccc([C@H]2CC(=O)NC(SCC(=O)Nc3ccccc3C(F)(F)F)=C2C#N)cc1. The highest BCUT2D eigenvalue weighted by atomic mass is 32.2. The first-order chi connectivity index (χ1) is 15.2. The summed E-state index contributed by atoms with van der Waals surface area (Å²) in [5.74, 6) is -1.71. The molecule has 0 fully saturated rings. The normalized spacial score (nSPS) is 16.3. The molecule has 2 aromatic carbocycles. The van der Waals surface area contributed by atoms with Crippen molar-refractivity contribution in [2.24, 2.45) is 0 Å². The van der Waals surface area contributed by atoms with Gasteiger partial charge in [-0.2, -0.15) is 18.4 Å². The Hall–Kier alpha value is -2.90. The molecule has 2 amide bonds. The molecule has 0 aliphatic carbocycles. The first-order valence-corrected chi connectivity index (χ1v) is 11.6. The van der Waals surface area contributed by atoms with Gasteiger partial charge in [0.05, 0.1) is 33.7 Å². The fraction of sp³-hybridized carbons (Fsp3) is 0.227. The largest absolute Gasteiger partial charge is 0.418 e. The number of alkyl halides is 3. The van der Waals surface area contributed by atoms with Crippen molar-refractivity contribution in [2.75, 3.05) is 17.3 Å². The summed E-state index contributed by atoms with van der Waals surface area (Å²) < 4.78 is 39.4. The van der Waals surface area contributed by atoms with Gasteiger partial charge in [-0.3, -0.25) is 9.59 Å². The molecular formula is C22H18F3N3O2S2. The third-order valence-electron chi connectivity index (χ3n) is 4.73. The summed E-state index contributed by atoms with van der Waals surface area (Å²) >= 11 is 2.48. The van der Waals surface area contributed by atoms with Crippen LogP contribution in [-0.2, 0) is 15.8 Å². The van der Waals surface area contributed by atoms with Crippen LogP contribution in [0.3, 0.4) is 0 Å². The topological polar surface area (TPSA) is 82.0 Å². The van der Waals surface area contributed by atoms with E-state index in [1.807, 2.05) is 30.5 Å². The van der Waals surface area contributed by atoms with Gasteiger partial charge in [-0.1, -0.05) is 36.0 Å². The van der Waals surface area contributed by atoms with Crippen LogP contribution >= 0.6 is 23.5 Å². The number of para-hydroxylation sites is 1. The Morgan fingerprint density at radius 1 is 1.22 bits per heavy atom. The van der Waals surface area contributed by atoms with Gasteiger partial charge < -0.3 is 10.6 Å². The molecule has 166 valence electrons. The zero-order valence-electron chi connectivity index (χ0n) is 16.8. The summed E-state index contributed by atoms with van der Waals surface area (Å²) in [7, 11) is 0. The fourth-order valence-corrected chi connectivity index (χ4v) is 4.50. The number of halogens is 3. The van der Waals surface area contributed by atoms with Gasteiger partial charge >= 0.3 is 6.18 Å². The number of nitriles is 1. The second-order valence-corrected chi connectivity index (χ2v) is 8.68. The highest BCUT2D eigenvalue weighted by molar-refractivity contribution is 8.03. The van der Waals surface area contributed by atoms with Gasteiger partial charge in [-0.05, 0) is 36.1 Å². The predicted molar refractivity (Wildman–Crippen MR) is 119 cm³/mol. The Kier molecular flexibility index (Phi) is 7.53. The van der Waals surface area contributed by atoms with E-state index in [1.165, 1.54) is 18.2 Å². The van der Waals surface area contributed by atoms with E-state index >= 15 is 0 Å². The van der Waals surface area contributed by atoms with Crippen molar-refractivity contribution >= 4 is 41.0 Å². The molecule has 32 heavy (non-hydrogen) atoms. The summed E-state index contributed by atoms with van der Waals surface area (Å²) in [4.78, 5) is 25.6. The van der Waals surface area contributed by atoms with E-state index in [0.717, 1.165) is 28.3 Å². The summed E-state index contributed by atoms with van der Waals surface area (Å²) in [5.41, 5.74) is -0.180. The number of thioether (sulfide) groups is 2. The van der Waals surface area contributed by atoms with Crippen molar-refractivity contribution < 1.29 is 22.8 Å². The maximum atomic E-state index is 13.1. The molecule has 1 heterocycles. The van der Waals surface area contributed by atoms with Gasteiger partial charge in [0.2, 0.25) is 11.8 Å². The lowest BCUT2D eigenvalue weighted by atomic mass is 9.87. The average molecular weight is 478 g/mol. The molecule has 0 spiro atoms. The standard InChI is InChI=1S/C22H18F3N3O2S2/c1-31-14-8-6-13(7-9-14)15-10-19(29)28-21(16(15)11-26)32-12-20(30)27-18-5-3-2-4-17(18)22(23,24)25/h2-9,15H,10,12H2,1H3,(H,27,30)(H,28,29)/t15-/m1/s1. The van der Waals surface area contributed by atoms with E-state index < -0.39 is 23.6 Å². The Balaban J connectivity index is 1.76. The van der Waals surface area contributed by atoms with Gasteiger partial charge in [0.15, 0.2) is 0 Å². The van der Waals surface area contributed by atoms with E-state index in [9.17, 15) is 28.0 Å². The third kappa shape index (κ3) is 5.66. The highest BCUT2D eigenvalue weighted by Gasteiger charge is 2.34. The second-order valence-electron chi connectivity index (χ2n) is 6.81. The van der Waals surface area contributed by atoms with E-state index in [0.29, 0.717) is 5.57 Å². The first-order valence-electron chi connectivity index (χ1n) is 9.40. The fourth-order valence-electron chi connectivity index (χ4n) is 3.22. The van der Waals surface area contributed by atoms with Gasteiger partial charge in [-0.15, -0.1) is 11.8 Å². The van der Waals surface area contributed by atoms with E-state index in [-0.39, 0.29) is 28.8 Å². The molecule has 1 aliphatic rings. The predicted octanol–water partition coefficient (Wildman–Crippen LogP) is 5.14. The quantitative estimate of drug-likeness (QED) is 0.563. The van der Waals surface area contributed by atoms with Crippen molar-refractivity contribution in [1.82, 2.24) is 5.32 Å². The number of nitrogens with one attached hydrogen (secondary N) is 2. The molecule has 1 atom stereocenters. The molecule has 0 aromatic heterocycles. The zero-order valence-corrected chi connectivity index (χ0v) is 18.5.